The van der Waals surface area contributed by atoms with Crippen LogP contribution in [0.1, 0.15) is 32.6 Å². The molecule has 0 aliphatic carbocycles. The molecule has 3 rings (SSSR count). The van der Waals surface area contributed by atoms with Crippen LogP contribution in [0.4, 0.5) is 5.69 Å². The highest BCUT2D eigenvalue weighted by atomic mass is 32.2. The van der Waals surface area contributed by atoms with E-state index in [9.17, 15) is 18.3 Å². The first-order valence-electron chi connectivity index (χ1n) is 9.85. The van der Waals surface area contributed by atoms with Gasteiger partial charge in [0.15, 0.2) is 0 Å². The first-order valence-corrected chi connectivity index (χ1v) is 11.3. The lowest BCUT2D eigenvalue weighted by molar-refractivity contribution is 0.0601. The Morgan fingerprint density at radius 3 is 2.34 bits per heavy atom. The zero-order valence-electron chi connectivity index (χ0n) is 18.1. The maximum atomic E-state index is 13.4. The zero-order valence-corrected chi connectivity index (χ0v) is 18.9. The number of hydrogen-bond donors (Lipinski definition) is 2. The number of sulfonamides is 1. The second-order valence-electron chi connectivity index (χ2n) is 7.23. The van der Waals surface area contributed by atoms with Gasteiger partial charge in [0.05, 0.1) is 37.0 Å². The van der Waals surface area contributed by atoms with Crippen molar-refractivity contribution < 1.29 is 27.8 Å². The first kappa shape index (κ1) is 23.3. The molecule has 0 unspecified atom stereocenters. The van der Waals surface area contributed by atoms with E-state index in [2.05, 4.69) is 4.72 Å². The van der Waals surface area contributed by atoms with Crippen LogP contribution in [0, 0.1) is 6.92 Å². The van der Waals surface area contributed by atoms with E-state index in [0.717, 1.165) is 5.56 Å². The molecule has 2 N–H and O–H groups in total. The number of benzene rings is 3. The number of aliphatic hydroxyl groups excluding tert-OH is 1. The highest BCUT2D eigenvalue weighted by Gasteiger charge is 2.24. The quantitative estimate of drug-likeness (QED) is 0.503. The van der Waals surface area contributed by atoms with E-state index in [1.165, 1.54) is 26.4 Å². The summed E-state index contributed by atoms with van der Waals surface area (Å²) in [5.41, 5.74) is 2.58. The van der Waals surface area contributed by atoms with Crippen LogP contribution in [-0.2, 0) is 27.8 Å². The zero-order chi connectivity index (χ0) is 23.3. The van der Waals surface area contributed by atoms with Crippen LogP contribution in [0.2, 0.25) is 0 Å². The minimum atomic E-state index is -4.07. The lowest BCUT2D eigenvalue weighted by atomic mass is 10.0. The predicted octanol–water partition coefficient (Wildman–Crippen LogP) is 3.67. The van der Waals surface area contributed by atoms with Crippen LogP contribution in [0.25, 0.3) is 0 Å². The summed E-state index contributed by atoms with van der Waals surface area (Å²) in [5.74, 6) is -0.172. The molecule has 0 radical (unpaired) electrons. The highest BCUT2D eigenvalue weighted by Crippen LogP contribution is 2.30. The van der Waals surface area contributed by atoms with E-state index >= 15 is 0 Å². The molecule has 0 saturated heterocycles. The van der Waals surface area contributed by atoms with Gasteiger partial charge in [-0.1, -0.05) is 36.4 Å². The maximum Gasteiger partial charge on any atom is 0.340 e. The Balaban J connectivity index is 2.09. The lowest BCUT2D eigenvalue weighted by Crippen LogP contribution is -2.19. The molecule has 8 heteroatoms. The van der Waals surface area contributed by atoms with Crippen LogP contribution in [0.15, 0.2) is 65.6 Å². The average Bonchev–Trinajstić information content (AvgIpc) is 2.80. The fourth-order valence-corrected chi connectivity index (χ4v) is 4.82. The van der Waals surface area contributed by atoms with Crippen LogP contribution >= 0.6 is 0 Å². The minimum Gasteiger partial charge on any atom is -0.497 e. The van der Waals surface area contributed by atoms with E-state index < -0.39 is 16.0 Å². The third-order valence-corrected chi connectivity index (χ3v) is 6.46. The summed E-state index contributed by atoms with van der Waals surface area (Å²) in [6.07, 6.45) is 0.376. The van der Waals surface area contributed by atoms with Gasteiger partial charge in [0.2, 0.25) is 0 Å². The molecule has 0 atom stereocenters. The molecule has 7 nitrogen and oxygen atoms in total. The number of rotatable bonds is 8. The van der Waals surface area contributed by atoms with Crippen molar-refractivity contribution in [1.82, 2.24) is 0 Å². The third-order valence-electron chi connectivity index (χ3n) is 5.01. The SMILES string of the molecule is COC(=O)c1cc(CO)cc(C)c1NS(=O)(=O)c1ccc(OC)cc1Cc1ccccc1. The van der Waals surface area contributed by atoms with Crippen molar-refractivity contribution in [1.29, 1.82) is 0 Å². The van der Waals surface area contributed by atoms with Crippen LogP contribution in [0.5, 0.6) is 5.75 Å². The number of aryl methyl sites for hydroxylation is 1. The largest absolute Gasteiger partial charge is 0.497 e. The van der Waals surface area contributed by atoms with Gasteiger partial charge in [-0.3, -0.25) is 4.72 Å². The van der Waals surface area contributed by atoms with Gasteiger partial charge in [0, 0.05) is 0 Å². The molecule has 0 aliphatic heterocycles. The normalized spacial score (nSPS) is 11.1. The van der Waals surface area contributed by atoms with Crippen molar-refractivity contribution in [3.63, 3.8) is 0 Å². The van der Waals surface area contributed by atoms with Crippen molar-refractivity contribution in [3.8, 4) is 5.75 Å². The molecule has 0 aliphatic rings. The van der Waals surface area contributed by atoms with Gasteiger partial charge in [-0.15, -0.1) is 0 Å². The molecular weight excluding hydrogens is 430 g/mol. The van der Waals surface area contributed by atoms with Gasteiger partial charge >= 0.3 is 5.97 Å². The van der Waals surface area contributed by atoms with Gasteiger partial charge in [-0.05, 0) is 59.9 Å². The Hall–Kier alpha value is -3.36. The molecule has 0 fully saturated rings. The Bertz CT molecular complexity index is 1220. The van der Waals surface area contributed by atoms with E-state index in [1.54, 1.807) is 25.1 Å². The Morgan fingerprint density at radius 1 is 1.00 bits per heavy atom. The van der Waals surface area contributed by atoms with Crippen molar-refractivity contribution in [2.75, 3.05) is 18.9 Å². The minimum absolute atomic E-state index is 0.0262. The fraction of sp³-hybridized carbons (Fsp3) is 0.208. The Labute approximate surface area is 187 Å². The summed E-state index contributed by atoms with van der Waals surface area (Å²) in [6, 6.07) is 17.3. The van der Waals surface area contributed by atoms with E-state index in [4.69, 9.17) is 9.47 Å². The van der Waals surface area contributed by atoms with Gasteiger partial charge in [0.25, 0.3) is 10.0 Å². The topological polar surface area (TPSA) is 102 Å². The number of anilines is 1. The number of methoxy groups -OCH3 is 2. The summed E-state index contributed by atoms with van der Waals surface area (Å²) in [4.78, 5) is 12.4. The monoisotopic (exact) mass is 455 g/mol. The number of carbonyl (C=O) groups is 1. The van der Waals surface area contributed by atoms with Gasteiger partial charge in [-0.2, -0.15) is 0 Å². The summed E-state index contributed by atoms with van der Waals surface area (Å²) in [5, 5.41) is 9.47. The number of esters is 1. The summed E-state index contributed by atoms with van der Waals surface area (Å²) >= 11 is 0. The number of nitrogens with one attached hydrogen (secondary N) is 1. The van der Waals surface area contributed by atoms with Crippen molar-refractivity contribution in [3.05, 3.63) is 88.5 Å². The first-order chi connectivity index (χ1) is 15.3. The molecular formula is C24H25NO6S. The summed E-state index contributed by atoms with van der Waals surface area (Å²) in [7, 11) is -1.34. The Kier molecular flexibility index (Phi) is 7.17. The molecule has 3 aromatic rings. The number of hydrogen-bond acceptors (Lipinski definition) is 6. The Morgan fingerprint density at radius 2 is 1.72 bits per heavy atom. The van der Waals surface area contributed by atoms with E-state index in [0.29, 0.717) is 28.9 Å². The molecule has 0 amide bonds. The van der Waals surface area contributed by atoms with Gasteiger partial charge in [0.1, 0.15) is 5.75 Å². The smallest absolute Gasteiger partial charge is 0.340 e. The van der Waals surface area contributed by atoms with E-state index in [-0.39, 0.29) is 22.8 Å². The number of aliphatic hydroxyl groups is 1. The lowest BCUT2D eigenvalue weighted by Gasteiger charge is -2.18. The standard InChI is InChI=1S/C24H25NO6S/c1-16-11-18(15-26)13-21(24(27)31-3)23(16)25-32(28,29)22-10-9-20(30-2)14-19(22)12-17-7-5-4-6-8-17/h4-11,13-14,25-26H,12,15H2,1-3H3. The molecule has 0 heterocycles. The molecule has 0 bridgehead atoms. The average molecular weight is 456 g/mol. The molecule has 0 saturated carbocycles. The highest BCUT2D eigenvalue weighted by molar-refractivity contribution is 7.92. The van der Waals surface area contributed by atoms with E-state index in [1.807, 2.05) is 30.3 Å². The molecule has 0 aromatic heterocycles. The second-order valence-corrected chi connectivity index (χ2v) is 8.88. The molecule has 32 heavy (non-hydrogen) atoms. The van der Waals surface area contributed by atoms with Gasteiger partial charge < -0.3 is 14.6 Å². The number of ether oxygens (including phenoxy) is 2. The van der Waals surface area contributed by atoms with Gasteiger partial charge in [-0.25, -0.2) is 13.2 Å². The molecule has 168 valence electrons. The third kappa shape index (κ3) is 5.09. The van der Waals surface area contributed by atoms with Crippen molar-refractivity contribution in [2.24, 2.45) is 0 Å². The van der Waals surface area contributed by atoms with Crippen LogP contribution in [-0.4, -0.2) is 33.7 Å². The second kappa shape index (κ2) is 9.84. The predicted molar refractivity (Wildman–Crippen MR) is 121 cm³/mol. The number of carbonyl (C=O) groups excluding carboxylic acids is 1. The van der Waals surface area contributed by atoms with Crippen LogP contribution in [0.3, 0.4) is 0 Å². The fourth-order valence-electron chi connectivity index (χ4n) is 3.45. The molecule has 3 aromatic carbocycles. The summed E-state index contributed by atoms with van der Waals surface area (Å²) < 4.78 is 39.5. The molecule has 0 spiro atoms. The maximum absolute atomic E-state index is 13.4. The van der Waals surface area contributed by atoms with Crippen molar-refractivity contribution >= 4 is 21.7 Å². The van der Waals surface area contributed by atoms with Crippen LogP contribution < -0.4 is 9.46 Å². The summed E-state index contributed by atoms with van der Waals surface area (Å²) in [6.45, 7) is 1.36. The van der Waals surface area contributed by atoms with Crippen molar-refractivity contribution in [2.45, 2.75) is 24.8 Å².